The Hall–Kier alpha value is -2.19. The fraction of sp³-hybridized carbons (Fsp3) is 0.500. The van der Waals surface area contributed by atoms with Crippen LogP contribution in [0.3, 0.4) is 0 Å². The summed E-state index contributed by atoms with van der Waals surface area (Å²) in [5, 5.41) is 0. The Morgan fingerprint density at radius 1 is 1.12 bits per heavy atom. The fourth-order valence-corrected chi connectivity index (χ4v) is 6.49. The summed E-state index contributed by atoms with van der Waals surface area (Å²) < 4.78 is 2.17. The van der Waals surface area contributed by atoms with Gasteiger partial charge in [-0.15, -0.1) is 0 Å². The van der Waals surface area contributed by atoms with E-state index in [4.69, 9.17) is 17.2 Å². The lowest BCUT2D eigenvalue weighted by Gasteiger charge is -2.32. The van der Waals surface area contributed by atoms with Gasteiger partial charge in [0.2, 0.25) is 0 Å². The van der Waals surface area contributed by atoms with E-state index in [0.29, 0.717) is 32.2 Å². The molecule has 6 nitrogen and oxygen atoms in total. The third-order valence-electron chi connectivity index (χ3n) is 6.74. The quantitative estimate of drug-likeness (QED) is 0.490. The van der Waals surface area contributed by atoms with Crippen LogP contribution >= 0.6 is 24.0 Å². The smallest absolute Gasteiger partial charge is 0.267 e. The molecule has 0 radical (unpaired) electrons. The van der Waals surface area contributed by atoms with Crippen molar-refractivity contribution in [2.75, 3.05) is 18.0 Å². The van der Waals surface area contributed by atoms with E-state index in [2.05, 4.69) is 11.8 Å². The maximum Gasteiger partial charge on any atom is 0.267 e. The average Bonchev–Trinajstić information content (AvgIpc) is 3.09. The summed E-state index contributed by atoms with van der Waals surface area (Å²) in [5.74, 6) is 1.15. The summed E-state index contributed by atoms with van der Waals surface area (Å²) in [6.45, 7) is 3.96. The van der Waals surface area contributed by atoms with Gasteiger partial charge in [0.1, 0.15) is 15.8 Å². The van der Waals surface area contributed by atoms with Gasteiger partial charge in [0.15, 0.2) is 0 Å². The standard InChI is InChI=1S/C24H28N4O2S2/c1-16-8-7-12-26(15-16)21-18(22(29)27-13-6-5-11-20(27)25-21)14-19-23(30)28(24(31)32-19)17-9-3-2-4-10-17/h5-6,11,13-14,16-17H,2-4,7-10,12,15H2,1H3/b19-14-/t16-/m0/s1. The lowest BCUT2D eigenvalue weighted by Crippen LogP contribution is -2.39. The molecule has 0 N–H and O–H groups in total. The van der Waals surface area contributed by atoms with Crippen LogP contribution < -0.4 is 10.5 Å². The minimum atomic E-state index is -0.147. The Kier molecular flexibility index (Phi) is 6.07. The van der Waals surface area contributed by atoms with Gasteiger partial charge in [-0.3, -0.25) is 18.9 Å². The summed E-state index contributed by atoms with van der Waals surface area (Å²) in [5.41, 5.74) is 0.955. The summed E-state index contributed by atoms with van der Waals surface area (Å²) in [4.78, 5) is 36.2. The second-order valence-electron chi connectivity index (χ2n) is 9.12. The first-order valence-electron chi connectivity index (χ1n) is 11.6. The molecule has 2 aromatic rings. The van der Waals surface area contributed by atoms with Gasteiger partial charge in [0, 0.05) is 25.3 Å². The third-order valence-corrected chi connectivity index (χ3v) is 8.07. The number of pyridine rings is 1. The Morgan fingerprint density at radius 2 is 1.94 bits per heavy atom. The van der Waals surface area contributed by atoms with Gasteiger partial charge >= 0.3 is 0 Å². The van der Waals surface area contributed by atoms with E-state index in [1.807, 2.05) is 18.2 Å². The van der Waals surface area contributed by atoms with Crippen LogP contribution in [0.25, 0.3) is 11.7 Å². The molecule has 1 saturated carbocycles. The van der Waals surface area contributed by atoms with Crippen LogP contribution in [-0.4, -0.2) is 43.6 Å². The summed E-state index contributed by atoms with van der Waals surface area (Å²) in [6, 6.07) is 5.75. The first kappa shape index (κ1) is 21.6. The lowest BCUT2D eigenvalue weighted by molar-refractivity contribution is -0.124. The second kappa shape index (κ2) is 8.98. The molecule has 2 aromatic heterocycles. The number of amides is 1. The first-order chi connectivity index (χ1) is 15.5. The topological polar surface area (TPSA) is 57.9 Å². The Morgan fingerprint density at radius 3 is 2.72 bits per heavy atom. The van der Waals surface area contributed by atoms with Crippen LogP contribution in [0, 0.1) is 5.92 Å². The van der Waals surface area contributed by atoms with Crippen LogP contribution in [0.15, 0.2) is 34.1 Å². The number of nitrogens with zero attached hydrogens (tertiary/aromatic N) is 4. The lowest BCUT2D eigenvalue weighted by atomic mass is 9.94. The Balaban J connectivity index is 1.58. The van der Waals surface area contributed by atoms with Crippen LogP contribution in [0.4, 0.5) is 5.82 Å². The normalized spacial score (nSPS) is 24.2. The number of aromatic nitrogens is 2. The van der Waals surface area contributed by atoms with Crippen molar-refractivity contribution < 1.29 is 4.79 Å². The van der Waals surface area contributed by atoms with Gasteiger partial charge in [0.05, 0.1) is 10.5 Å². The van der Waals surface area contributed by atoms with Crippen molar-refractivity contribution in [3.05, 3.63) is 45.2 Å². The molecule has 1 aliphatic carbocycles. The van der Waals surface area contributed by atoms with E-state index in [1.165, 1.54) is 24.6 Å². The number of hydrogen-bond donors (Lipinski definition) is 0. The number of thioether (sulfide) groups is 1. The van der Waals surface area contributed by atoms with E-state index in [0.717, 1.165) is 45.2 Å². The summed E-state index contributed by atoms with van der Waals surface area (Å²) in [6.07, 6.45) is 11.2. The molecule has 1 atom stereocenters. The van der Waals surface area contributed by atoms with Gasteiger partial charge in [-0.2, -0.15) is 0 Å². The maximum absolute atomic E-state index is 13.5. The first-order valence-corrected chi connectivity index (χ1v) is 12.8. The van der Waals surface area contributed by atoms with Crippen LogP contribution in [0.2, 0.25) is 0 Å². The Bertz CT molecular complexity index is 1150. The highest BCUT2D eigenvalue weighted by Gasteiger charge is 2.38. The molecule has 0 bridgehead atoms. The Labute approximate surface area is 197 Å². The van der Waals surface area contributed by atoms with E-state index < -0.39 is 0 Å². The molecule has 2 aliphatic heterocycles. The third kappa shape index (κ3) is 3.99. The minimum Gasteiger partial charge on any atom is -0.356 e. The molecule has 3 fully saturated rings. The SMILES string of the molecule is C[C@H]1CCCN(c2nc3ccccn3c(=O)c2/C=C2\SC(=S)N(C3CCCCC3)C2=O)C1. The molecule has 3 aliphatic rings. The van der Waals surface area contributed by atoms with Crippen molar-refractivity contribution in [2.24, 2.45) is 5.92 Å². The molecule has 4 heterocycles. The van der Waals surface area contributed by atoms with Crippen molar-refractivity contribution in [3.63, 3.8) is 0 Å². The molecule has 0 unspecified atom stereocenters. The van der Waals surface area contributed by atoms with Crippen molar-refractivity contribution in [2.45, 2.75) is 57.9 Å². The highest BCUT2D eigenvalue weighted by molar-refractivity contribution is 8.26. The van der Waals surface area contributed by atoms with Crippen molar-refractivity contribution >= 4 is 51.7 Å². The molecule has 0 aromatic carbocycles. The van der Waals surface area contributed by atoms with Gasteiger partial charge in [-0.25, -0.2) is 4.98 Å². The van der Waals surface area contributed by atoms with Crippen molar-refractivity contribution in [1.29, 1.82) is 0 Å². The highest BCUT2D eigenvalue weighted by Crippen LogP contribution is 2.38. The van der Waals surface area contributed by atoms with Gasteiger partial charge in [-0.1, -0.05) is 56.2 Å². The summed E-state index contributed by atoms with van der Waals surface area (Å²) >= 11 is 6.91. The number of piperidine rings is 1. The zero-order chi connectivity index (χ0) is 22.2. The maximum atomic E-state index is 13.5. The molecule has 32 heavy (non-hydrogen) atoms. The minimum absolute atomic E-state index is 0.0672. The number of carbonyl (C=O) groups is 1. The second-order valence-corrected chi connectivity index (χ2v) is 10.8. The van der Waals surface area contributed by atoms with E-state index in [-0.39, 0.29) is 17.5 Å². The molecule has 0 spiro atoms. The molecular formula is C24H28N4O2S2. The van der Waals surface area contributed by atoms with Crippen molar-refractivity contribution in [3.8, 4) is 0 Å². The molecule has 5 rings (SSSR count). The largest absolute Gasteiger partial charge is 0.356 e. The zero-order valence-electron chi connectivity index (χ0n) is 18.3. The predicted octanol–water partition coefficient (Wildman–Crippen LogP) is 4.46. The predicted molar refractivity (Wildman–Crippen MR) is 134 cm³/mol. The molecule has 8 heteroatoms. The van der Waals surface area contributed by atoms with Gasteiger partial charge < -0.3 is 4.90 Å². The number of rotatable bonds is 3. The van der Waals surface area contributed by atoms with Gasteiger partial charge in [0.25, 0.3) is 11.5 Å². The number of fused-ring (bicyclic) bond motifs is 1. The zero-order valence-corrected chi connectivity index (χ0v) is 20.0. The van der Waals surface area contributed by atoms with Crippen LogP contribution in [-0.2, 0) is 4.79 Å². The molecule has 168 valence electrons. The summed E-state index contributed by atoms with van der Waals surface area (Å²) in [7, 11) is 0. The van der Waals surface area contributed by atoms with E-state index in [9.17, 15) is 9.59 Å². The average molecular weight is 469 g/mol. The van der Waals surface area contributed by atoms with Crippen LogP contribution in [0.1, 0.15) is 57.4 Å². The van der Waals surface area contributed by atoms with E-state index in [1.54, 1.807) is 21.6 Å². The number of hydrogen-bond acceptors (Lipinski definition) is 6. The molecule has 1 amide bonds. The highest BCUT2D eigenvalue weighted by atomic mass is 32.2. The van der Waals surface area contributed by atoms with Gasteiger partial charge in [-0.05, 0) is 49.8 Å². The molecule has 2 saturated heterocycles. The number of thiocarbonyl (C=S) groups is 1. The van der Waals surface area contributed by atoms with Crippen LogP contribution in [0.5, 0.6) is 0 Å². The molecular weight excluding hydrogens is 440 g/mol. The number of anilines is 1. The van der Waals surface area contributed by atoms with Crippen molar-refractivity contribution in [1.82, 2.24) is 14.3 Å². The van der Waals surface area contributed by atoms with E-state index >= 15 is 0 Å². The fourth-order valence-electron chi connectivity index (χ4n) is 5.11. The monoisotopic (exact) mass is 468 g/mol. The number of carbonyl (C=O) groups excluding carboxylic acids is 1.